The Morgan fingerprint density at radius 2 is 1.96 bits per heavy atom. The summed E-state index contributed by atoms with van der Waals surface area (Å²) < 4.78 is 4.92. The van der Waals surface area contributed by atoms with Crippen molar-refractivity contribution in [2.45, 2.75) is 6.92 Å². The zero-order chi connectivity index (χ0) is 15.4. The van der Waals surface area contributed by atoms with E-state index in [9.17, 15) is 4.79 Å². The van der Waals surface area contributed by atoms with Crippen LogP contribution >= 0.6 is 12.4 Å². The van der Waals surface area contributed by atoms with E-state index in [-0.39, 0.29) is 18.3 Å². The maximum Gasteiger partial charge on any atom is 0.239 e. The van der Waals surface area contributed by atoms with Gasteiger partial charge in [-0.1, -0.05) is 5.16 Å². The smallest absolute Gasteiger partial charge is 0.239 e. The summed E-state index contributed by atoms with van der Waals surface area (Å²) in [4.78, 5) is 24.7. The highest BCUT2D eigenvalue weighted by molar-refractivity contribution is 5.91. The van der Waals surface area contributed by atoms with Crippen molar-refractivity contribution in [1.29, 1.82) is 0 Å². The van der Waals surface area contributed by atoms with E-state index < -0.39 is 0 Å². The van der Waals surface area contributed by atoms with Gasteiger partial charge < -0.3 is 14.7 Å². The molecule has 1 amide bonds. The molecule has 3 rings (SSSR count). The van der Waals surface area contributed by atoms with E-state index in [1.165, 1.54) is 0 Å². The molecule has 0 bridgehead atoms. The molecule has 1 aliphatic rings. The number of aromatic nitrogens is 3. The van der Waals surface area contributed by atoms with Gasteiger partial charge in [0.1, 0.15) is 5.76 Å². The largest absolute Gasteiger partial charge is 0.360 e. The standard InChI is InChI=1S/C14H18N6O2.ClH/c1-11-9-12(18-22-11)17-13(21)10-19-5-7-20(8-6-19)14-15-3-2-4-16-14;/h2-4,9H,5-8,10H2,1H3,(H,17,18,21);1H. The van der Waals surface area contributed by atoms with Crippen LogP contribution in [0.3, 0.4) is 0 Å². The predicted molar refractivity (Wildman–Crippen MR) is 87.8 cm³/mol. The fraction of sp³-hybridized carbons (Fsp3) is 0.429. The Morgan fingerprint density at radius 3 is 2.57 bits per heavy atom. The minimum atomic E-state index is -0.0855. The van der Waals surface area contributed by atoms with Crippen molar-refractivity contribution in [3.63, 3.8) is 0 Å². The lowest BCUT2D eigenvalue weighted by Gasteiger charge is -2.34. The summed E-state index contributed by atoms with van der Waals surface area (Å²) in [5.74, 6) is 1.79. The molecule has 2 aromatic heterocycles. The van der Waals surface area contributed by atoms with E-state index in [4.69, 9.17) is 4.52 Å². The van der Waals surface area contributed by atoms with Crippen LogP contribution in [-0.4, -0.2) is 58.7 Å². The summed E-state index contributed by atoms with van der Waals surface area (Å²) in [5, 5.41) is 6.48. The molecule has 23 heavy (non-hydrogen) atoms. The fourth-order valence-corrected chi connectivity index (χ4v) is 2.37. The van der Waals surface area contributed by atoms with Gasteiger partial charge in [0.15, 0.2) is 5.82 Å². The maximum absolute atomic E-state index is 12.0. The van der Waals surface area contributed by atoms with E-state index >= 15 is 0 Å². The summed E-state index contributed by atoms with van der Waals surface area (Å²) in [7, 11) is 0. The number of rotatable bonds is 4. The number of aryl methyl sites for hydroxylation is 1. The molecule has 1 N–H and O–H groups in total. The van der Waals surface area contributed by atoms with E-state index in [2.05, 4.69) is 30.2 Å². The summed E-state index contributed by atoms with van der Waals surface area (Å²) in [6.45, 7) is 5.33. The fourth-order valence-electron chi connectivity index (χ4n) is 2.37. The Morgan fingerprint density at radius 1 is 1.26 bits per heavy atom. The van der Waals surface area contributed by atoms with Gasteiger partial charge in [0.25, 0.3) is 0 Å². The average Bonchev–Trinajstić information content (AvgIpc) is 2.94. The first-order chi connectivity index (χ1) is 10.7. The van der Waals surface area contributed by atoms with Crippen molar-refractivity contribution in [3.05, 3.63) is 30.3 Å². The Kier molecular flexibility index (Phi) is 5.89. The van der Waals surface area contributed by atoms with Gasteiger partial charge in [-0.25, -0.2) is 9.97 Å². The van der Waals surface area contributed by atoms with Gasteiger partial charge in [0, 0.05) is 44.6 Å². The average molecular weight is 339 g/mol. The number of nitrogens with zero attached hydrogens (tertiary/aromatic N) is 5. The van der Waals surface area contributed by atoms with Crippen molar-refractivity contribution in [3.8, 4) is 0 Å². The van der Waals surface area contributed by atoms with Gasteiger partial charge in [-0.3, -0.25) is 9.69 Å². The number of carbonyl (C=O) groups excluding carboxylic acids is 1. The molecule has 3 heterocycles. The van der Waals surface area contributed by atoms with Crippen molar-refractivity contribution in [2.75, 3.05) is 42.9 Å². The Bertz CT molecular complexity index is 627. The summed E-state index contributed by atoms with van der Waals surface area (Å²) in [5.41, 5.74) is 0. The lowest BCUT2D eigenvalue weighted by molar-refractivity contribution is -0.117. The summed E-state index contributed by atoms with van der Waals surface area (Å²) in [6.07, 6.45) is 3.48. The van der Waals surface area contributed by atoms with Gasteiger partial charge >= 0.3 is 0 Å². The molecule has 124 valence electrons. The SMILES string of the molecule is Cc1cc(NC(=O)CN2CCN(c3ncccn3)CC2)no1.Cl. The molecule has 1 fully saturated rings. The zero-order valence-electron chi connectivity index (χ0n) is 12.8. The van der Waals surface area contributed by atoms with Crippen LogP contribution in [0.4, 0.5) is 11.8 Å². The number of nitrogens with one attached hydrogen (secondary N) is 1. The number of hydrogen-bond acceptors (Lipinski definition) is 7. The van der Waals surface area contributed by atoms with Gasteiger partial charge in [0.05, 0.1) is 6.54 Å². The molecule has 1 saturated heterocycles. The van der Waals surface area contributed by atoms with Crippen LogP contribution in [0.5, 0.6) is 0 Å². The Balaban J connectivity index is 0.00000192. The number of carbonyl (C=O) groups is 1. The third kappa shape index (κ3) is 4.64. The molecule has 0 spiro atoms. The molecule has 0 radical (unpaired) electrons. The number of amides is 1. The van der Waals surface area contributed by atoms with E-state index in [0.29, 0.717) is 18.1 Å². The topological polar surface area (TPSA) is 87.4 Å². The second-order valence-corrected chi connectivity index (χ2v) is 5.18. The third-order valence-electron chi connectivity index (χ3n) is 3.47. The molecule has 0 saturated carbocycles. The molecule has 1 aliphatic heterocycles. The zero-order valence-corrected chi connectivity index (χ0v) is 13.6. The van der Waals surface area contributed by atoms with E-state index in [1.54, 1.807) is 31.5 Å². The summed E-state index contributed by atoms with van der Waals surface area (Å²) in [6, 6.07) is 3.50. The first kappa shape index (κ1) is 17.2. The van der Waals surface area contributed by atoms with Crippen molar-refractivity contribution in [1.82, 2.24) is 20.0 Å². The number of anilines is 2. The highest BCUT2D eigenvalue weighted by Crippen LogP contribution is 2.10. The minimum Gasteiger partial charge on any atom is -0.360 e. The number of piperazine rings is 1. The van der Waals surface area contributed by atoms with Gasteiger partial charge in [-0.15, -0.1) is 12.4 Å². The molecule has 2 aromatic rings. The van der Waals surface area contributed by atoms with Crippen LogP contribution in [0.2, 0.25) is 0 Å². The number of halogens is 1. The molecule has 9 heteroatoms. The predicted octanol–water partition coefficient (Wildman–Crippen LogP) is 0.956. The first-order valence-corrected chi connectivity index (χ1v) is 7.18. The molecule has 0 unspecified atom stereocenters. The van der Waals surface area contributed by atoms with Crippen LogP contribution in [0.1, 0.15) is 5.76 Å². The van der Waals surface area contributed by atoms with Crippen molar-refractivity contribution < 1.29 is 9.32 Å². The first-order valence-electron chi connectivity index (χ1n) is 7.18. The Hall–Kier alpha value is -2.19. The van der Waals surface area contributed by atoms with Gasteiger partial charge in [0.2, 0.25) is 11.9 Å². The van der Waals surface area contributed by atoms with Crippen LogP contribution in [0.25, 0.3) is 0 Å². The minimum absolute atomic E-state index is 0. The molecule has 8 nitrogen and oxygen atoms in total. The van der Waals surface area contributed by atoms with E-state index in [1.807, 2.05) is 0 Å². The highest BCUT2D eigenvalue weighted by Gasteiger charge is 2.20. The monoisotopic (exact) mass is 338 g/mol. The molecule has 0 aromatic carbocycles. The lowest BCUT2D eigenvalue weighted by Crippen LogP contribution is -2.49. The normalized spacial score (nSPS) is 15.1. The summed E-state index contributed by atoms with van der Waals surface area (Å²) >= 11 is 0. The van der Waals surface area contributed by atoms with Crippen LogP contribution < -0.4 is 10.2 Å². The molecular formula is C14H19ClN6O2. The quantitative estimate of drug-likeness (QED) is 0.888. The number of hydrogen-bond donors (Lipinski definition) is 1. The second kappa shape index (κ2) is 7.89. The second-order valence-electron chi connectivity index (χ2n) is 5.18. The van der Waals surface area contributed by atoms with E-state index in [0.717, 1.165) is 32.1 Å². The van der Waals surface area contributed by atoms with Crippen LogP contribution in [0, 0.1) is 6.92 Å². The van der Waals surface area contributed by atoms with Crippen molar-refractivity contribution in [2.24, 2.45) is 0 Å². The van der Waals surface area contributed by atoms with Gasteiger partial charge in [-0.2, -0.15) is 0 Å². The lowest BCUT2D eigenvalue weighted by atomic mass is 10.3. The highest BCUT2D eigenvalue weighted by atomic mass is 35.5. The van der Waals surface area contributed by atoms with Crippen LogP contribution in [-0.2, 0) is 4.79 Å². The third-order valence-corrected chi connectivity index (χ3v) is 3.47. The Labute approximate surface area is 140 Å². The maximum atomic E-state index is 12.0. The van der Waals surface area contributed by atoms with Crippen molar-refractivity contribution >= 4 is 30.1 Å². The molecule has 0 aliphatic carbocycles. The van der Waals surface area contributed by atoms with Gasteiger partial charge in [-0.05, 0) is 13.0 Å². The van der Waals surface area contributed by atoms with Crippen LogP contribution in [0.15, 0.2) is 29.0 Å². The molecular weight excluding hydrogens is 320 g/mol. The molecule has 0 atom stereocenters.